The molecule has 2 heterocycles. The zero-order chi connectivity index (χ0) is 22.6. The molecule has 0 spiro atoms. The maximum atomic E-state index is 13.2. The standard InChI is InChI=1S/C24H24N4O3S/c1-12(2)13-6-7-17-20(10-13)32-24(25-17)26-23(29)21-16-8-14-9-18(30-4)19(31-5)11-15(14)22(16)28(3)27-21/h6-7,9-12H,8H2,1-5H3,(H,25,26,29). The molecule has 1 aliphatic rings. The Hall–Kier alpha value is -3.39. The Bertz CT molecular complexity index is 1370. The van der Waals surface area contributed by atoms with Gasteiger partial charge in [0.05, 0.1) is 30.1 Å². The minimum atomic E-state index is -0.253. The van der Waals surface area contributed by atoms with E-state index >= 15 is 0 Å². The molecule has 7 nitrogen and oxygen atoms in total. The first-order valence-electron chi connectivity index (χ1n) is 10.4. The Morgan fingerprint density at radius 3 is 2.62 bits per heavy atom. The van der Waals surface area contributed by atoms with Crippen LogP contribution in [0.4, 0.5) is 5.13 Å². The fourth-order valence-electron chi connectivity index (χ4n) is 4.24. The molecular weight excluding hydrogens is 424 g/mol. The van der Waals surface area contributed by atoms with E-state index in [1.165, 1.54) is 16.9 Å². The lowest BCUT2D eigenvalue weighted by molar-refractivity contribution is 0.102. The van der Waals surface area contributed by atoms with E-state index in [1.54, 1.807) is 18.9 Å². The minimum Gasteiger partial charge on any atom is -0.493 e. The van der Waals surface area contributed by atoms with E-state index in [-0.39, 0.29) is 5.91 Å². The molecule has 0 bridgehead atoms. The summed E-state index contributed by atoms with van der Waals surface area (Å²) < 4.78 is 13.7. The summed E-state index contributed by atoms with van der Waals surface area (Å²) in [7, 11) is 5.09. The van der Waals surface area contributed by atoms with Crippen LogP contribution >= 0.6 is 11.3 Å². The summed E-state index contributed by atoms with van der Waals surface area (Å²) in [6, 6.07) is 10.2. The van der Waals surface area contributed by atoms with Gasteiger partial charge < -0.3 is 9.47 Å². The third-order valence-corrected chi connectivity index (χ3v) is 6.83. The molecular formula is C24H24N4O3S. The van der Waals surface area contributed by atoms with Crippen molar-refractivity contribution >= 4 is 32.6 Å². The minimum absolute atomic E-state index is 0.253. The number of fused-ring (bicyclic) bond motifs is 4. The van der Waals surface area contributed by atoms with Crippen LogP contribution in [0.3, 0.4) is 0 Å². The normalized spacial score (nSPS) is 12.2. The molecule has 0 fully saturated rings. The number of amides is 1. The van der Waals surface area contributed by atoms with Crippen LogP contribution in [0.1, 0.15) is 46.9 Å². The van der Waals surface area contributed by atoms with Crippen molar-refractivity contribution in [2.45, 2.75) is 26.2 Å². The number of hydrogen-bond donors (Lipinski definition) is 1. The average Bonchev–Trinajstić information content (AvgIpc) is 3.44. The van der Waals surface area contributed by atoms with Gasteiger partial charge in [-0.1, -0.05) is 31.3 Å². The van der Waals surface area contributed by atoms with Crippen molar-refractivity contribution in [1.29, 1.82) is 0 Å². The van der Waals surface area contributed by atoms with Crippen LogP contribution in [0.5, 0.6) is 11.5 Å². The van der Waals surface area contributed by atoms with Crippen LogP contribution in [-0.2, 0) is 13.5 Å². The van der Waals surface area contributed by atoms with Crippen molar-refractivity contribution in [2.75, 3.05) is 19.5 Å². The Morgan fingerprint density at radius 1 is 1.16 bits per heavy atom. The first-order valence-corrected chi connectivity index (χ1v) is 11.2. The van der Waals surface area contributed by atoms with Crippen molar-refractivity contribution < 1.29 is 14.3 Å². The highest BCUT2D eigenvalue weighted by molar-refractivity contribution is 7.22. The number of carbonyl (C=O) groups excluding carboxylic acids is 1. The SMILES string of the molecule is COc1cc2c(cc1OC)-c1c(c(C(=O)Nc3nc4ccc(C(C)C)cc4s3)nn1C)C2. The molecule has 0 aliphatic heterocycles. The van der Waals surface area contributed by atoms with Gasteiger partial charge in [0.15, 0.2) is 22.3 Å². The van der Waals surface area contributed by atoms with Gasteiger partial charge in [-0.05, 0) is 41.3 Å². The fraction of sp³-hybridized carbons (Fsp3) is 0.292. The summed E-state index contributed by atoms with van der Waals surface area (Å²) in [4.78, 5) is 17.7. The van der Waals surface area contributed by atoms with Gasteiger partial charge in [-0.3, -0.25) is 14.8 Å². The van der Waals surface area contributed by atoms with Crippen LogP contribution in [0.15, 0.2) is 30.3 Å². The zero-order valence-corrected chi connectivity index (χ0v) is 19.5. The smallest absolute Gasteiger partial charge is 0.278 e. The Morgan fingerprint density at radius 2 is 1.91 bits per heavy atom. The van der Waals surface area contributed by atoms with Gasteiger partial charge in [-0.15, -0.1) is 0 Å². The maximum Gasteiger partial charge on any atom is 0.278 e. The number of benzene rings is 2. The number of anilines is 1. The molecule has 164 valence electrons. The van der Waals surface area contributed by atoms with Crippen LogP contribution in [0, 0.1) is 0 Å². The topological polar surface area (TPSA) is 78.3 Å². The number of nitrogens with one attached hydrogen (secondary N) is 1. The highest BCUT2D eigenvalue weighted by Gasteiger charge is 2.31. The molecule has 0 radical (unpaired) electrons. The Balaban J connectivity index is 1.47. The van der Waals surface area contributed by atoms with E-state index < -0.39 is 0 Å². The lowest BCUT2D eigenvalue weighted by Crippen LogP contribution is -2.14. The molecule has 0 atom stereocenters. The lowest BCUT2D eigenvalue weighted by Gasteiger charge is -2.11. The predicted octanol–water partition coefficient (Wildman–Crippen LogP) is 4.99. The molecule has 4 aromatic rings. The Kier molecular flexibility index (Phi) is 4.89. The molecule has 1 N–H and O–H groups in total. The number of aryl methyl sites for hydroxylation is 1. The zero-order valence-electron chi connectivity index (χ0n) is 18.6. The molecule has 5 rings (SSSR count). The molecule has 1 amide bonds. The predicted molar refractivity (Wildman–Crippen MR) is 126 cm³/mol. The molecule has 2 aromatic carbocycles. The molecule has 0 saturated heterocycles. The molecule has 8 heteroatoms. The number of aromatic nitrogens is 3. The summed E-state index contributed by atoms with van der Waals surface area (Å²) in [5.41, 5.74) is 6.47. The molecule has 32 heavy (non-hydrogen) atoms. The third-order valence-electron chi connectivity index (χ3n) is 5.89. The number of thiazole rings is 1. The number of nitrogens with zero attached hydrogens (tertiary/aromatic N) is 3. The van der Waals surface area contributed by atoms with Gasteiger partial charge in [0.2, 0.25) is 0 Å². The van der Waals surface area contributed by atoms with Gasteiger partial charge in [0.25, 0.3) is 5.91 Å². The maximum absolute atomic E-state index is 13.2. The lowest BCUT2D eigenvalue weighted by atomic mass is 10.0. The molecule has 0 unspecified atom stereocenters. The summed E-state index contributed by atoms with van der Waals surface area (Å²) in [5.74, 6) is 1.51. The van der Waals surface area contributed by atoms with Gasteiger partial charge in [-0.25, -0.2) is 4.98 Å². The van der Waals surface area contributed by atoms with Crippen molar-refractivity contribution in [3.8, 4) is 22.8 Å². The highest BCUT2D eigenvalue weighted by Crippen LogP contribution is 2.43. The summed E-state index contributed by atoms with van der Waals surface area (Å²) in [5, 5.41) is 8.05. The molecule has 2 aromatic heterocycles. The monoisotopic (exact) mass is 448 g/mol. The molecule has 0 saturated carbocycles. The quantitative estimate of drug-likeness (QED) is 0.410. The van der Waals surface area contributed by atoms with Crippen LogP contribution in [-0.4, -0.2) is 34.9 Å². The number of ether oxygens (including phenoxy) is 2. The highest BCUT2D eigenvalue weighted by atomic mass is 32.1. The van der Waals surface area contributed by atoms with E-state index in [0.29, 0.717) is 34.7 Å². The van der Waals surface area contributed by atoms with Crippen LogP contribution < -0.4 is 14.8 Å². The molecule has 1 aliphatic carbocycles. The second-order valence-electron chi connectivity index (χ2n) is 8.20. The summed E-state index contributed by atoms with van der Waals surface area (Å²) in [6.45, 7) is 4.32. The van der Waals surface area contributed by atoms with Gasteiger partial charge in [0.1, 0.15) is 0 Å². The number of carbonyl (C=O) groups is 1. The van der Waals surface area contributed by atoms with E-state index in [2.05, 4.69) is 41.4 Å². The summed E-state index contributed by atoms with van der Waals surface area (Å²) in [6.07, 6.45) is 0.610. The van der Waals surface area contributed by atoms with E-state index in [9.17, 15) is 4.79 Å². The fourth-order valence-corrected chi connectivity index (χ4v) is 5.15. The summed E-state index contributed by atoms with van der Waals surface area (Å²) >= 11 is 1.48. The van der Waals surface area contributed by atoms with E-state index in [4.69, 9.17) is 9.47 Å². The van der Waals surface area contributed by atoms with Gasteiger partial charge in [0, 0.05) is 24.6 Å². The van der Waals surface area contributed by atoms with Crippen molar-refractivity contribution in [3.05, 3.63) is 52.7 Å². The number of hydrogen-bond acceptors (Lipinski definition) is 6. The first-order chi connectivity index (χ1) is 15.4. The van der Waals surface area contributed by atoms with Crippen molar-refractivity contribution in [1.82, 2.24) is 14.8 Å². The van der Waals surface area contributed by atoms with E-state index in [1.807, 2.05) is 25.2 Å². The van der Waals surface area contributed by atoms with Crippen LogP contribution in [0.2, 0.25) is 0 Å². The second kappa shape index (κ2) is 7.63. The third kappa shape index (κ3) is 3.22. The van der Waals surface area contributed by atoms with Crippen molar-refractivity contribution in [2.24, 2.45) is 7.05 Å². The largest absolute Gasteiger partial charge is 0.493 e. The number of methoxy groups -OCH3 is 2. The number of rotatable bonds is 5. The Labute approximate surface area is 190 Å². The van der Waals surface area contributed by atoms with E-state index in [0.717, 1.165) is 32.6 Å². The second-order valence-corrected chi connectivity index (χ2v) is 9.23. The average molecular weight is 449 g/mol. The van der Waals surface area contributed by atoms with Crippen LogP contribution in [0.25, 0.3) is 21.5 Å². The van der Waals surface area contributed by atoms with Gasteiger partial charge in [-0.2, -0.15) is 5.10 Å². The van der Waals surface area contributed by atoms with Crippen molar-refractivity contribution in [3.63, 3.8) is 0 Å². The van der Waals surface area contributed by atoms with Gasteiger partial charge >= 0.3 is 0 Å². The first kappa shape index (κ1) is 20.5.